The number of fused-ring (bicyclic) bond motifs is 1. The predicted molar refractivity (Wildman–Crippen MR) is 116 cm³/mol. The molecule has 1 aliphatic heterocycles. The van der Waals surface area contributed by atoms with E-state index < -0.39 is 5.54 Å². The summed E-state index contributed by atoms with van der Waals surface area (Å²) in [6, 6.07) is 11.8. The van der Waals surface area contributed by atoms with Crippen LogP contribution in [0.1, 0.15) is 78.8 Å². The molecular weight excluding hydrogens is 374 g/mol. The topological polar surface area (TPSA) is 62.3 Å². The highest BCUT2D eigenvalue weighted by Gasteiger charge is 2.57. The van der Waals surface area contributed by atoms with Crippen molar-refractivity contribution in [2.75, 3.05) is 5.32 Å². The molecule has 0 bridgehead atoms. The van der Waals surface area contributed by atoms with E-state index in [0.717, 1.165) is 62.5 Å². The molecule has 5 rings (SSSR count). The molecule has 30 heavy (non-hydrogen) atoms. The van der Waals surface area contributed by atoms with E-state index in [9.17, 15) is 9.59 Å². The lowest BCUT2D eigenvalue weighted by Gasteiger charge is -2.52. The van der Waals surface area contributed by atoms with Crippen molar-refractivity contribution >= 4 is 17.6 Å². The molecule has 5 nitrogen and oxygen atoms in total. The molecule has 156 valence electrons. The van der Waals surface area contributed by atoms with Crippen molar-refractivity contribution in [3.63, 3.8) is 0 Å². The number of hydrogen-bond donors (Lipinski definition) is 1. The number of anilines is 1. The number of benzene rings is 1. The van der Waals surface area contributed by atoms with Crippen LogP contribution in [-0.4, -0.2) is 33.3 Å². The minimum Gasteiger partial charge on any atom is -0.329 e. The fourth-order valence-corrected chi connectivity index (χ4v) is 6.10. The summed E-state index contributed by atoms with van der Waals surface area (Å²) in [5.74, 6) is 0.326. The molecule has 2 aromatic rings. The number of rotatable bonds is 3. The molecule has 2 amide bonds. The minimum atomic E-state index is -0.423. The van der Waals surface area contributed by atoms with Crippen molar-refractivity contribution in [3.05, 3.63) is 59.3 Å². The van der Waals surface area contributed by atoms with Gasteiger partial charge in [-0.05, 0) is 55.9 Å². The molecule has 1 spiro atoms. The Morgan fingerprint density at radius 1 is 1.07 bits per heavy atom. The second-order valence-electron chi connectivity index (χ2n) is 9.10. The quantitative estimate of drug-likeness (QED) is 0.799. The van der Waals surface area contributed by atoms with Gasteiger partial charge < -0.3 is 10.2 Å². The second kappa shape index (κ2) is 7.53. The first-order valence-corrected chi connectivity index (χ1v) is 11.3. The first-order chi connectivity index (χ1) is 14.6. The highest BCUT2D eigenvalue weighted by Crippen LogP contribution is 2.52. The standard InChI is InChI=1S/C25H29N3O2/c1-17-9-8-16-26-22(17)27-23(29)21-19-12-4-5-13-20(19)24(30)28(18-10-2-3-11-18)25(21)14-6-7-15-25/h4-5,8-9,12-13,16,18,21H,2-3,6-7,10-11,14-15H2,1H3,(H,26,27,29)/t21-/m1/s1. The van der Waals surface area contributed by atoms with Crippen molar-refractivity contribution in [3.8, 4) is 0 Å². The molecule has 2 heterocycles. The fraction of sp³-hybridized carbons (Fsp3) is 0.480. The first kappa shape index (κ1) is 19.3. The van der Waals surface area contributed by atoms with Crippen LogP contribution in [0.5, 0.6) is 0 Å². The average molecular weight is 404 g/mol. The first-order valence-electron chi connectivity index (χ1n) is 11.3. The lowest BCUT2D eigenvalue weighted by molar-refractivity contribution is -0.121. The van der Waals surface area contributed by atoms with E-state index in [1.54, 1.807) is 6.20 Å². The van der Waals surface area contributed by atoms with Gasteiger partial charge in [0, 0.05) is 17.8 Å². The fourth-order valence-electron chi connectivity index (χ4n) is 6.10. The molecule has 3 aliphatic rings. The van der Waals surface area contributed by atoms with Crippen molar-refractivity contribution in [1.29, 1.82) is 0 Å². The molecule has 1 aromatic heterocycles. The van der Waals surface area contributed by atoms with Crippen molar-refractivity contribution in [2.45, 2.75) is 75.8 Å². The summed E-state index contributed by atoms with van der Waals surface area (Å²) < 4.78 is 0. The number of aryl methyl sites for hydroxylation is 1. The number of nitrogens with zero attached hydrogens (tertiary/aromatic N) is 2. The van der Waals surface area contributed by atoms with E-state index >= 15 is 0 Å². The number of pyridine rings is 1. The molecule has 5 heteroatoms. The van der Waals surface area contributed by atoms with E-state index in [4.69, 9.17) is 0 Å². The lowest BCUT2D eigenvalue weighted by atomic mass is 9.70. The third-order valence-corrected chi connectivity index (χ3v) is 7.41. The molecule has 0 saturated heterocycles. The van der Waals surface area contributed by atoms with Crippen LogP contribution >= 0.6 is 0 Å². The SMILES string of the molecule is Cc1cccnc1NC(=O)[C@H]1c2ccccc2C(=O)N(C2CCCC2)C12CCCC2. The minimum absolute atomic E-state index is 0.0401. The Morgan fingerprint density at radius 2 is 1.80 bits per heavy atom. The van der Waals surface area contributed by atoms with Gasteiger partial charge in [0.1, 0.15) is 5.82 Å². The van der Waals surface area contributed by atoms with Gasteiger partial charge in [-0.2, -0.15) is 0 Å². The van der Waals surface area contributed by atoms with Gasteiger partial charge in [0.2, 0.25) is 5.91 Å². The van der Waals surface area contributed by atoms with Gasteiger partial charge in [-0.1, -0.05) is 49.9 Å². The monoisotopic (exact) mass is 403 g/mol. The van der Waals surface area contributed by atoms with Gasteiger partial charge in [0.05, 0.1) is 11.5 Å². The maximum atomic E-state index is 13.8. The highest BCUT2D eigenvalue weighted by molar-refractivity contribution is 6.05. The van der Waals surface area contributed by atoms with Gasteiger partial charge in [0.25, 0.3) is 5.91 Å². The van der Waals surface area contributed by atoms with Crippen LogP contribution in [0.2, 0.25) is 0 Å². The summed E-state index contributed by atoms with van der Waals surface area (Å²) in [5.41, 5.74) is 2.09. The third kappa shape index (κ3) is 2.94. The van der Waals surface area contributed by atoms with Crippen LogP contribution in [0.4, 0.5) is 5.82 Å². The maximum Gasteiger partial charge on any atom is 0.254 e. The summed E-state index contributed by atoms with van der Waals surface area (Å²) in [5, 5.41) is 3.11. The molecule has 2 fully saturated rings. The number of hydrogen-bond acceptors (Lipinski definition) is 3. The molecule has 1 N–H and O–H groups in total. The van der Waals surface area contributed by atoms with Crippen LogP contribution in [0.25, 0.3) is 0 Å². The van der Waals surface area contributed by atoms with Crippen LogP contribution < -0.4 is 5.32 Å². The van der Waals surface area contributed by atoms with Crippen molar-refractivity contribution in [2.24, 2.45) is 0 Å². The van der Waals surface area contributed by atoms with E-state index in [-0.39, 0.29) is 23.8 Å². The number of carbonyl (C=O) groups excluding carboxylic acids is 2. The number of aromatic nitrogens is 1. The van der Waals surface area contributed by atoms with Gasteiger partial charge in [0.15, 0.2) is 0 Å². The molecule has 2 saturated carbocycles. The van der Waals surface area contributed by atoms with Gasteiger partial charge >= 0.3 is 0 Å². The van der Waals surface area contributed by atoms with Gasteiger partial charge in [-0.15, -0.1) is 0 Å². The van der Waals surface area contributed by atoms with Gasteiger partial charge in [-0.3, -0.25) is 9.59 Å². The van der Waals surface area contributed by atoms with Gasteiger partial charge in [-0.25, -0.2) is 4.98 Å². The zero-order chi connectivity index (χ0) is 20.7. The lowest BCUT2D eigenvalue weighted by Crippen LogP contribution is -2.62. The smallest absolute Gasteiger partial charge is 0.254 e. The second-order valence-corrected chi connectivity index (χ2v) is 9.10. The summed E-state index contributed by atoms with van der Waals surface area (Å²) in [7, 11) is 0. The zero-order valence-corrected chi connectivity index (χ0v) is 17.6. The molecule has 0 unspecified atom stereocenters. The maximum absolute atomic E-state index is 13.8. The van der Waals surface area contributed by atoms with Crippen LogP contribution in [0.3, 0.4) is 0 Å². The molecular formula is C25H29N3O2. The number of nitrogens with one attached hydrogen (secondary N) is 1. The Kier molecular flexibility index (Phi) is 4.84. The Balaban J connectivity index is 1.62. The molecule has 0 radical (unpaired) electrons. The molecule has 1 aromatic carbocycles. The largest absolute Gasteiger partial charge is 0.329 e. The van der Waals surface area contributed by atoms with Crippen LogP contribution in [0, 0.1) is 6.92 Å². The summed E-state index contributed by atoms with van der Waals surface area (Å²) in [6.45, 7) is 1.96. The average Bonchev–Trinajstić information content (AvgIpc) is 3.43. The summed E-state index contributed by atoms with van der Waals surface area (Å²) in [4.78, 5) is 34.1. The Morgan fingerprint density at radius 3 is 2.53 bits per heavy atom. The van der Waals surface area contributed by atoms with E-state index in [0.29, 0.717) is 11.4 Å². The highest BCUT2D eigenvalue weighted by atomic mass is 16.2. The Bertz CT molecular complexity index is 974. The predicted octanol–water partition coefficient (Wildman–Crippen LogP) is 4.82. The van der Waals surface area contributed by atoms with Crippen molar-refractivity contribution < 1.29 is 9.59 Å². The normalized spacial score (nSPS) is 23.0. The summed E-state index contributed by atoms with van der Waals surface area (Å²) in [6.07, 6.45) is 10.0. The molecule has 2 aliphatic carbocycles. The number of carbonyl (C=O) groups is 2. The van der Waals surface area contributed by atoms with E-state index in [1.807, 2.05) is 43.3 Å². The van der Waals surface area contributed by atoms with Crippen LogP contribution in [0.15, 0.2) is 42.6 Å². The van der Waals surface area contributed by atoms with Crippen molar-refractivity contribution in [1.82, 2.24) is 9.88 Å². The number of amides is 2. The van der Waals surface area contributed by atoms with Crippen LogP contribution in [-0.2, 0) is 4.79 Å². The Hall–Kier alpha value is -2.69. The Labute approximate surface area is 177 Å². The van der Waals surface area contributed by atoms with E-state index in [1.165, 1.54) is 0 Å². The zero-order valence-electron chi connectivity index (χ0n) is 17.6. The third-order valence-electron chi connectivity index (χ3n) is 7.41. The van der Waals surface area contributed by atoms with E-state index in [2.05, 4.69) is 15.2 Å². The molecule has 1 atom stereocenters. The summed E-state index contributed by atoms with van der Waals surface area (Å²) >= 11 is 0.